The average molecular weight is 863 g/mol. The summed E-state index contributed by atoms with van der Waals surface area (Å²) < 4.78 is 16.8. The van der Waals surface area contributed by atoms with Crippen LogP contribution in [0.25, 0.3) is 0 Å². The molecule has 0 rings (SSSR count). The topological polar surface area (TPSA) is 78.9 Å². The Morgan fingerprint density at radius 2 is 0.541 bits per heavy atom. The number of hydrogen-bond acceptors (Lipinski definition) is 6. The predicted octanol–water partition coefficient (Wildman–Crippen LogP) is 17.7. The van der Waals surface area contributed by atoms with Crippen molar-refractivity contribution in [2.75, 3.05) is 13.2 Å². The molecule has 0 radical (unpaired) electrons. The Morgan fingerprint density at radius 1 is 0.311 bits per heavy atom. The lowest BCUT2D eigenvalue weighted by Crippen LogP contribution is -2.30. The fourth-order valence-electron chi connectivity index (χ4n) is 8.34. The highest BCUT2D eigenvalue weighted by molar-refractivity contribution is 5.71. The van der Waals surface area contributed by atoms with Crippen LogP contribution in [0, 0.1) is 11.8 Å². The quantitative estimate of drug-likeness (QED) is 0.0344. The van der Waals surface area contributed by atoms with E-state index in [1.165, 1.54) is 193 Å². The molecule has 0 aromatic carbocycles. The Labute approximate surface area is 380 Å². The average Bonchev–Trinajstić information content (AvgIpc) is 3.23. The van der Waals surface area contributed by atoms with E-state index in [1.54, 1.807) is 0 Å². The summed E-state index contributed by atoms with van der Waals surface area (Å²) in [5.74, 6) is 0.806. The van der Waals surface area contributed by atoms with E-state index in [4.69, 9.17) is 14.2 Å². The highest BCUT2D eigenvalue weighted by Crippen LogP contribution is 2.18. The summed E-state index contributed by atoms with van der Waals surface area (Å²) in [5.41, 5.74) is 0. The number of ether oxygens (including phenoxy) is 3. The van der Waals surface area contributed by atoms with Gasteiger partial charge >= 0.3 is 17.9 Å². The molecule has 0 bridgehead atoms. The van der Waals surface area contributed by atoms with Gasteiger partial charge in [-0.25, -0.2) is 0 Å². The van der Waals surface area contributed by atoms with Gasteiger partial charge in [-0.05, 0) is 31.1 Å². The summed E-state index contributed by atoms with van der Waals surface area (Å²) in [6, 6.07) is 0. The molecule has 6 nitrogen and oxygen atoms in total. The highest BCUT2D eigenvalue weighted by Gasteiger charge is 2.19. The number of unbranched alkanes of at least 4 members (excludes halogenated alkanes) is 34. The van der Waals surface area contributed by atoms with Crippen molar-refractivity contribution < 1.29 is 28.6 Å². The van der Waals surface area contributed by atoms with Gasteiger partial charge in [-0.3, -0.25) is 14.4 Å². The van der Waals surface area contributed by atoms with Crippen LogP contribution in [0.2, 0.25) is 0 Å². The van der Waals surface area contributed by atoms with Gasteiger partial charge in [0, 0.05) is 19.3 Å². The third kappa shape index (κ3) is 49.3. The van der Waals surface area contributed by atoms with Crippen LogP contribution in [0.5, 0.6) is 0 Å². The molecule has 0 N–H and O–H groups in total. The molecular weight excluding hydrogens is 757 g/mol. The van der Waals surface area contributed by atoms with Crippen LogP contribution in [-0.2, 0) is 28.6 Å². The minimum atomic E-state index is -0.762. The molecule has 0 aliphatic heterocycles. The normalized spacial score (nSPS) is 12.0. The van der Waals surface area contributed by atoms with E-state index in [9.17, 15) is 14.4 Å². The molecule has 6 heteroatoms. The fourth-order valence-corrected chi connectivity index (χ4v) is 8.34. The summed E-state index contributed by atoms with van der Waals surface area (Å²) in [7, 11) is 0. The zero-order valence-corrected chi connectivity index (χ0v) is 41.8. The molecule has 1 atom stereocenters. The molecule has 0 aliphatic carbocycles. The minimum absolute atomic E-state index is 0.0633. The fraction of sp³-hybridized carbons (Fsp3) is 0.945. The first-order valence-corrected chi connectivity index (χ1v) is 27.2. The zero-order chi connectivity index (χ0) is 44.7. The number of carbonyl (C=O) groups is 3. The summed E-state index contributed by atoms with van der Waals surface area (Å²) in [6.45, 7) is 11.4. The van der Waals surface area contributed by atoms with E-state index in [-0.39, 0.29) is 31.1 Å². The van der Waals surface area contributed by atoms with E-state index in [1.807, 2.05) is 0 Å². The molecule has 0 fully saturated rings. The van der Waals surface area contributed by atoms with Gasteiger partial charge in [-0.15, -0.1) is 0 Å². The molecule has 0 saturated heterocycles. The molecule has 0 amide bonds. The molecule has 0 unspecified atom stereocenters. The second kappa shape index (κ2) is 47.9. The number of esters is 3. The maximum atomic E-state index is 12.8. The molecule has 0 aromatic heterocycles. The molecule has 0 aromatic rings. The number of hydrogen-bond donors (Lipinski definition) is 0. The standard InChI is InChI=1S/C55H106O6/c1-6-7-8-9-10-11-12-13-14-15-19-25-30-35-40-45-53(56)59-48-52(61-55(58)47-42-37-32-27-22-21-24-29-34-39-44-51(4)5)49-60-54(57)46-41-36-31-26-20-17-16-18-23-28-33-38-43-50(2)3/h50-52H,6-49H2,1-5H3/t52-/m0/s1. The minimum Gasteiger partial charge on any atom is -0.462 e. The molecule has 61 heavy (non-hydrogen) atoms. The third-order valence-corrected chi connectivity index (χ3v) is 12.5. The SMILES string of the molecule is CCCCCCCCCCCCCCCCCC(=O)OC[C@@H](COC(=O)CCCCCCCCCCCCCCC(C)C)OC(=O)CCCCCCCCCCCCC(C)C. The summed E-state index contributed by atoms with van der Waals surface area (Å²) >= 11 is 0. The Morgan fingerprint density at radius 3 is 0.803 bits per heavy atom. The second-order valence-corrected chi connectivity index (χ2v) is 19.8. The lowest BCUT2D eigenvalue weighted by molar-refractivity contribution is -0.167. The summed E-state index contributed by atoms with van der Waals surface area (Å²) in [4.78, 5) is 38.0. The van der Waals surface area contributed by atoms with E-state index in [2.05, 4.69) is 34.6 Å². The van der Waals surface area contributed by atoms with Crippen LogP contribution in [0.15, 0.2) is 0 Å². The monoisotopic (exact) mass is 863 g/mol. The van der Waals surface area contributed by atoms with Gasteiger partial charge in [-0.2, -0.15) is 0 Å². The first kappa shape index (κ1) is 59.4. The molecule has 0 spiro atoms. The highest BCUT2D eigenvalue weighted by atomic mass is 16.6. The summed E-state index contributed by atoms with van der Waals surface area (Å²) in [6.07, 6.45) is 49.4. The van der Waals surface area contributed by atoms with Crippen LogP contribution < -0.4 is 0 Å². The van der Waals surface area contributed by atoms with Crippen LogP contribution >= 0.6 is 0 Å². The summed E-state index contributed by atoms with van der Waals surface area (Å²) in [5, 5.41) is 0. The Bertz CT molecular complexity index is 931. The van der Waals surface area contributed by atoms with Crippen molar-refractivity contribution in [1.29, 1.82) is 0 Å². The van der Waals surface area contributed by atoms with E-state index >= 15 is 0 Å². The zero-order valence-electron chi connectivity index (χ0n) is 41.8. The van der Waals surface area contributed by atoms with Gasteiger partial charge < -0.3 is 14.2 Å². The maximum absolute atomic E-state index is 12.8. The second-order valence-electron chi connectivity index (χ2n) is 19.8. The van der Waals surface area contributed by atoms with Crippen LogP contribution in [-0.4, -0.2) is 37.2 Å². The molecule has 362 valence electrons. The van der Waals surface area contributed by atoms with Crippen molar-refractivity contribution in [1.82, 2.24) is 0 Å². The van der Waals surface area contributed by atoms with Crippen molar-refractivity contribution in [2.45, 2.75) is 310 Å². The van der Waals surface area contributed by atoms with Crippen LogP contribution in [0.4, 0.5) is 0 Å². The van der Waals surface area contributed by atoms with Crippen LogP contribution in [0.1, 0.15) is 304 Å². The van der Waals surface area contributed by atoms with Crippen LogP contribution in [0.3, 0.4) is 0 Å². The Hall–Kier alpha value is -1.59. The molecule has 0 saturated carbocycles. The Balaban J connectivity index is 4.31. The van der Waals surface area contributed by atoms with Gasteiger partial charge in [-0.1, -0.05) is 266 Å². The van der Waals surface area contributed by atoms with E-state index in [0.29, 0.717) is 19.3 Å². The Kier molecular flexibility index (Phi) is 46.6. The van der Waals surface area contributed by atoms with Gasteiger partial charge in [0.05, 0.1) is 0 Å². The third-order valence-electron chi connectivity index (χ3n) is 12.5. The smallest absolute Gasteiger partial charge is 0.306 e. The first-order chi connectivity index (χ1) is 29.7. The van der Waals surface area contributed by atoms with Crippen molar-refractivity contribution in [3.63, 3.8) is 0 Å². The van der Waals surface area contributed by atoms with Gasteiger partial charge in [0.2, 0.25) is 0 Å². The van der Waals surface area contributed by atoms with Crippen molar-refractivity contribution >= 4 is 17.9 Å². The lowest BCUT2D eigenvalue weighted by Gasteiger charge is -2.18. The maximum Gasteiger partial charge on any atom is 0.306 e. The van der Waals surface area contributed by atoms with Gasteiger partial charge in [0.1, 0.15) is 13.2 Å². The van der Waals surface area contributed by atoms with Crippen molar-refractivity contribution in [3.05, 3.63) is 0 Å². The predicted molar refractivity (Wildman–Crippen MR) is 261 cm³/mol. The van der Waals surface area contributed by atoms with E-state index in [0.717, 1.165) is 69.6 Å². The van der Waals surface area contributed by atoms with Crippen molar-refractivity contribution in [3.8, 4) is 0 Å². The largest absolute Gasteiger partial charge is 0.462 e. The molecule has 0 heterocycles. The lowest BCUT2D eigenvalue weighted by atomic mass is 10.0. The van der Waals surface area contributed by atoms with Gasteiger partial charge in [0.25, 0.3) is 0 Å². The van der Waals surface area contributed by atoms with Crippen molar-refractivity contribution in [2.24, 2.45) is 11.8 Å². The van der Waals surface area contributed by atoms with Gasteiger partial charge in [0.15, 0.2) is 6.10 Å². The van der Waals surface area contributed by atoms with E-state index < -0.39 is 6.10 Å². The first-order valence-electron chi connectivity index (χ1n) is 27.2. The number of rotatable bonds is 49. The molecule has 0 aliphatic rings. The number of carbonyl (C=O) groups excluding carboxylic acids is 3. The molecular formula is C55H106O6.